The predicted octanol–water partition coefficient (Wildman–Crippen LogP) is 1.50. The van der Waals surface area contributed by atoms with Crippen LogP contribution in [-0.4, -0.2) is 24.3 Å². The van der Waals surface area contributed by atoms with Gasteiger partial charge >= 0.3 is 5.97 Å². The van der Waals surface area contributed by atoms with Gasteiger partial charge in [0, 0.05) is 13.0 Å². The van der Waals surface area contributed by atoms with Crippen molar-refractivity contribution in [1.82, 2.24) is 0 Å². The molecule has 3 atom stereocenters. The number of carboxylic acid groups (broad SMARTS) is 1. The molecule has 1 aliphatic rings. The third-order valence-corrected chi connectivity index (χ3v) is 2.70. The molecule has 0 aromatic heterocycles. The molecular formula is C11H12O3. The Balaban J connectivity index is 2.18. The van der Waals surface area contributed by atoms with Crippen LogP contribution in [0.25, 0.3) is 0 Å². The number of hydrogen-bond acceptors (Lipinski definition) is 2. The van der Waals surface area contributed by atoms with Gasteiger partial charge in [-0.15, -0.1) is 0 Å². The lowest BCUT2D eigenvalue weighted by Crippen LogP contribution is -2.02. The zero-order valence-corrected chi connectivity index (χ0v) is 7.88. The standard InChI is InChI=1S/C11H12O3/c1-14-10-8(9(10)11(12)13)7-5-3-2-4-6-7/h2-6,8-10H,1H3,(H,12,13)/t8-,9+,10+/m1/s1. The molecule has 0 radical (unpaired) electrons. The maximum atomic E-state index is 10.8. The molecular weight excluding hydrogens is 180 g/mol. The first-order chi connectivity index (χ1) is 6.75. The van der Waals surface area contributed by atoms with Gasteiger partial charge in [0.25, 0.3) is 0 Å². The van der Waals surface area contributed by atoms with Crippen molar-refractivity contribution < 1.29 is 14.6 Å². The van der Waals surface area contributed by atoms with Crippen molar-refractivity contribution >= 4 is 5.97 Å². The first kappa shape index (κ1) is 9.21. The van der Waals surface area contributed by atoms with E-state index >= 15 is 0 Å². The Morgan fingerprint density at radius 1 is 1.36 bits per heavy atom. The summed E-state index contributed by atoms with van der Waals surface area (Å²) in [6.07, 6.45) is -0.158. The zero-order chi connectivity index (χ0) is 10.1. The van der Waals surface area contributed by atoms with Crippen molar-refractivity contribution in [3.05, 3.63) is 35.9 Å². The van der Waals surface area contributed by atoms with Crippen LogP contribution in [0.1, 0.15) is 11.5 Å². The predicted molar refractivity (Wildman–Crippen MR) is 51.1 cm³/mol. The maximum Gasteiger partial charge on any atom is 0.309 e. The second kappa shape index (κ2) is 3.42. The van der Waals surface area contributed by atoms with Gasteiger partial charge in [-0.3, -0.25) is 4.79 Å². The molecule has 0 amide bonds. The first-order valence-electron chi connectivity index (χ1n) is 4.56. The van der Waals surface area contributed by atoms with Crippen LogP contribution in [0.2, 0.25) is 0 Å². The zero-order valence-electron chi connectivity index (χ0n) is 7.88. The van der Waals surface area contributed by atoms with Crippen molar-refractivity contribution in [1.29, 1.82) is 0 Å². The van der Waals surface area contributed by atoms with Gasteiger partial charge in [-0.05, 0) is 5.56 Å². The van der Waals surface area contributed by atoms with Gasteiger partial charge in [0.15, 0.2) is 0 Å². The van der Waals surface area contributed by atoms with Gasteiger partial charge in [0.2, 0.25) is 0 Å². The van der Waals surface area contributed by atoms with Crippen molar-refractivity contribution in [3.8, 4) is 0 Å². The molecule has 0 heterocycles. The summed E-state index contributed by atoms with van der Waals surface area (Å²) in [7, 11) is 1.56. The fraction of sp³-hybridized carbons (Fsp3) is 0.364. The van der Waals surface area contributed by atoms with E-state index in [1.165, 1.54) is 0 Å². The number of aliphatic carboxylic acids is 1. The van der Waals surface area contributed by atoms with E-state index in [-0.39, 0.29) is 17.9 Å². The molecule has 1 N–H and O–H groups in total. The SMILES string of the molecule is CO[C@@H]1[C@@H](C(=O)O)[C@H]1c1ccccc1. The Bertz CT molecular complexity index is 334. The van der Waals surface area contributed by atoms with Crippen LogP contribution < -0.4 is 0 Å². The number of rotatable bonds is 3. The van der Waals surface area contributed by atoms with Crippen molar-refractivity contribution in [3.63, 3.8) is 0 Å². The van der Waals surface area contributed by atoms with Crippen LogP contribution in [0.3, 0.4) is 0 Å². The molecule has 1 aromatic rings. The minimum Gasteiger partial charge on any atom is -0.481 e. The third kappa shape index (κ3) is 1.40. The van der Waals surface area contributed by atoms with Crippen molar-refractivity contribution in [2.24, 2.45) is 5.92 Å². The quantitative estimate of drug-likeness (QED) is 0.789. The van der Waals surface area contributed by atoms with Crippen LogP contribution >= 0.6 is 0 Å². The monoisotopic (exact) mass is 192 g/mol. The lowest BCUT2D eigenvalue weighted by atomic mass is 10.1. The fourth-order valence-corrected chi connectivity index (χ4v) is 1.94. The summed E-state index contributed by atoms with van der Waals surface area (Å²) in [5, 5.41) is 8.91. The molecule has 1 saturated carbocycles. The molecule has 74 valence electrons. The number of ether oxygens (including phenoxy) is 1. The van der Waals surface area contributed by atoms with Gasteiger partial charge in [0.05, 0.1) is 12.0 Å². The smallest absolute Gasteiger partial charge is 0.309 e. The molecule has 2 rings (SSSR count). The van der Waals surface area contributed by atoms with Crippen LogP contribution in [-0.2, 0) is 9.53 Å². The van der Waals surface area contributed by atoms with E-state index in [9.17, 15) is 4.79 Å². The average Bonchev–Trinajstić information content (AvgIpc) is 2.93. The van der Waals surface area contributed by atoms with Crippen molar-refractivity contribution in [2.45, 2.75) is 12.0 Å². The van der Waals surface area contributed by atoms with Crippen LogP contribution in [0, 0.1) is 5.92 Å². The number of hydrogen-bond donors (Lipinski definition) is 1. The van der Waals surface area contributed by atoms with Crippen LogP contribution in [0.5, 0.6) is 0 Å². The molecule has 0 unspecified atom stereocenters. The number of carboxylic acids is 1. The van der Waals surface area contributed by atoms with E-state index in [1.807, 2.05) is 30.3 Å². The highest BCUT2D eigenvalue weighted by Gasteiger charge is 2.56. The summed E-state index contributed by atoms with van der Waals surface area (Å²) >= 11 is 0. The Morgan fingerprint density at radius 3 is 2.43 bits per heavy atom. The second-order valence-electron chi connectivity index (χ2n) is 3.50. The lowest BCUT2D eigenvalue weighted by Gasteiger charge is -1.96. The minimum atomic E-state index is -0.772. The summed E-state index contributed by atoms with van der Waals surface area (Å²) in [5.41, 5.74) is 1.05. The number of methoxy groups -OCH3 is 1. The van der Waals surface area contributed by atoms with E-state index in [4.69, 9.17) is 9.84 Å². The summed E-state index contributed by atoms with van der Waals surface area (Å²) in [4.78, 5) is 10.8. The maximum absolute atomic E-state index is 10.8. The van der Waals surface area contributed by atoms with Gasteiger partial charge in [-0.25, -0.2) is 0 Å². The fourth-order valence-electron chi connectivity index (χ4n) is 1.94. The molecule has 14 heavy (non-hydrogen) atoms. The van der Waals surface area contributed by atoms with E-state index in [0.717, 1.165) is 5.56 Å². The summed E-state index contributed by atoms with van der Waals surface area (Å²) < 4.78 is 5.12. The van der Waals surface area contributed by atoms with Gasteiger partial charge < -0.3 is 9.84 Å². The molecule has 0 saturated heterocycles. The Labute approximate surface area is 82.3 Å². The normalized spacial score (nSPS) is 29.9. The number of benzene rings is 1. The van der Waals surface area contributed by atoms with E-state index in [1.54, 1.807) is 7.11 Å². The molecule has 3 heteroatoms. The minimum absolute atomic E-state index is 0.0266. The Hall–Kier alpha value is -1.35. The molecule has 3 nitrogen and oxygen atoms in total. The first-order valence-corrected chi connectivity index (χ1v) is 4.56. The van der Waals surface area contributed by atoms with E-state index < -0.39 is 5.97 Å². The summed E-state index contributed by atoms with van der Waals surface area (Å²) in [5.74, 6) is -1.12. The summed E-state index contributed by atoms with van der Waals surface area (Å²) in [6.45, 7) is 0. The molecule has 0 aliphatic heterocycles. The summed E-state index contributed by atoms with van der Waals surface area (Å²) in [6, 6.07) is 9.64. The van der Waals surface area contributed by atoms with E-state index in [0.29, 0.717) is 0 Å². The van der Waals surface area contributed by atoms with Gasteiger partial charge in [-0.2, -0.15) is 0 Å². The van der Waals surface area contributed by atoms with Gasteiger partial charge in [-0.1, -0.05) is 30.3 Å². The van der Waals surface area contributed by atoms with Gasteiger partial charge in [0.1, 0.15) is 0 Å². The van der Waals surface area contributed by atoms with Crippen LogP contribution in [0.15, 0.2) is 30.3 Å². The largest absolute Gasteiger partial charge is 0.481 e. The molecule has 1 aliphatic carbocycles. The highest BCUT2D eigenvalue weighted by Crippen LogP contribution is 2.49. The van der Waals surface area contributed by atoms with E-state index in [2.05, 4.69) is 0 Å². The Kier molecular flexibility index (Phi) is 2.25. The van der Waals surface area contributed by atoms with Crippen LogP contribution in [0.4, 0.5) is 0 Å². The molecule has 0 bridgehead atoms. The molecule has 0 spiro atoms. The highest BCUT2D eigenvalue weighted by atomic mass is 16.5. The Morgan fingerprint density at radius 2 is 2.00 bits per heavy atom. The lowest BCUT2D eigenvalue weighted by molar-refractivity contribution is -0.139. The highest BCUT2D eigenvalue weighted by molar-refractivity contribution is 5.77. The second-order valence-corrected chi connectivity index (χ2v) is 3.50. The molecule has 1 fully saturated rings. The molecule has 1 aromatic carbocycles. The van der Waals surface area contributed by atoms with Crippen molar-refractivity contribution in [2.75, 3.05) is 7.11 Å². The number of carbonyl (C=O) groups is 1. The average molecular weight is 192 g/mol. The third-order valence-electron chi connectivity index (χ3n) is 2.70. The topological polar surface area (TPSA) is 46.5 Å².